The molecule has 1 amide bonds. The van der Waals surface area contributed by atoms with Gasteiger partial charge in [0.05, 0.1) is 16.8 Å². The SMILES string of the molecule is CCCC(C)(C)NC(=O)c1cc(C(F)(F)F)ccc1NN. The Labute approximate surface area is 121 Å². The Morgan fingerprint density at radius 2 is 1.90 bits per heavy atom. The lowest BCUT2D eigenvalue weighted by Gasteiger charge is -2.26. The van der Waals surface area contributed by atoms with Crippen molar-refractivity contribution in [2.24, 2.45) is 5.84 Å². The number of carbonyl (C=O) groups excluding carboxylic acids is 1. The van der Waals surface area contributed by atoms with Gasteiger partial charge in [0.2, 0.25) is 0 Å². The van der Waals surface area contributed by atoms with Crippen molar-refractivity contribution in [3.8, 4) is 0 Å². The molecule has 0 aliphatic rings. The first-order chi connectivity index (χ1) is 9.60. The third kappa shape index (κ3) is 4.63. The molecule has 4 N–H and O–H groups in total. The molecule has 0 aliphatic carbocycles. The van der Waals surface area contributed by atoms with Gasteiger partial charge in [-0.1, -0.05) is 13.3 Å². The second-order valence-corrected chi connectivity index (χ2v) is 5.49. The van der Waals surface area contributed by atoms with Crippen LogP contribution in [0.1, 0.15) is 49.5 Å². The third-order valence-electron chi connectivity index (χ3n) is 3.07. The molecule has 0 fully saturated rings. The molecule has 0 aliphatic heterocycles. The fourth-order valence-electron chi connectivity index (χ4n) is 2.10. The number of alkyl halides is 3. The highest BCUT2D eigenvalue weighted by Gasteiger charge is 2.32. The Hall–Kier alpha value is -1.76. The standard InChI is InChI=1S/C14H20F3N3O/c1-4-7-13(2,3)19-12(21)10-8-9(14(15,16)17)5-6-11(10)20-18/h5-6,8,20H,4,7,18H2,1-3H3,(H,19,21). The minimum Gasteiger partial charge on any atom is -0.347 e. The average molecular weight is 303 g/mol. The van der Waals surface area contributed by atoms with Crippen molar-refractivity contribution in [2.45, 2.75) is 45.3 Å². The monoisotopic (exact) mass is 303 g/mol. The van der Waals surface area contributed by atoms with E-state index < -0.39 is 23.2 Å². The summed E-state index contributed by atoms with van der Waals surface area (Å²) in [4.78, 5) is 12.2. The van der Waals surface area contributed by atoms with Crippen LogP contribution >= 0.6 is 0 Å². The van der Waals surface area contributed by atoms with Gasteiger partial charge in [0.15, 0.2) is 0 Å². The summed E-state index contributed by atoms with van der Waals surface area (Å²) in [5.74, 6) is 4.67. The summed E-state index contributed by atoms with van der Waals surface area (Å²) in [5.41, 5.74) is 0.866. The van der Waals surface area contributed by atoms with Gasteiger partial charge < -0.3 is 10.7 Å². The number of hydrazine groups is 1. The van der Waals surface area contributed by atoms with Crippen LogP contribution in [0.3, 0.4) is 0 Å². The van der Waals surface area contributed by atoms with Crippen LogP contribution in [-0.4, -0.2) is 11.4 Å². The molecule has 1 rings (SSSR count). The van der Waals surface area contributed by atoms with Crippen molar-refractivity contribution in [3.63, 3.8) is 0 Å². The fourth-order valence-corrected chi connectivity index (χ4v) is 2.10. The number of rotatable bonds is 5. The molecule has 0 saturated carbocycles. The number of hydrogen-bond acceptors (Lipinski definition) is 3. The van der Waals surface area contributed by atoms with Gasteiger partial charge >= 0.3 is 6.18 Å². The van der Waals surface area contributed by atoms with Gasteiger partial charge in [-0.3, -0.25) is 10.6 Å². The normalized spacial score (nSPS) is 12.1. The van der Waals surface area contributed by atoms with Crippen LogP contribution in [0.2, 0.25) is 0 Å². The van der Waals surface area contributed by atoms with E-state index in [1.165, 1.54) is 0 Å². The molecule has 1 aromatic rings. The number of amides is 1. The molecule has 0 heterocycles. The van der Waals surface area contributed by atoms with E-state index in [1.807, 2.05) is 20.8 Å². The number of nitrogen functional groups attached to an aromatic ring is 1. The zero-order valence-electron chi connectivity index (χ0n) is 12.3. The van der Waals surface area contributed by atoms with Gasteiger partial charge in [-0.25, -0.2) is 0 Å². The number of nitrogens with two attached hydrogens (primary N) is 1. The largest absolute Gasteiger partial charge is 0.416 e. The van der Waals surface area contributed by atoms with Gasteiger partial charge in [-0.15, -0.1) is 0 Å². The van der Waals surface area contributed by atoms with E-state index in [1.54, 1.807) is 0 Å². The van der Waals surface area contributed by atoms with Gasteiger partial charge in [-0.05, 0) is 38.5 Å². The molecule has 21 heavy (non-hydrogen) atoms. The van der Waals surface area contributed by atoms with Crippen LogP contribution in [0.25, 0.3) is 0 Å². The summed E-state index contributed by atoms with van der Waals surface area (Å²) in [7, 11) is 0. The number of nitrogens with one attached hydrogen (secondary N) is 2. The van der Waals surface area contributed by atoms with E-state index in [0.29, 0.717) is 6.42 Å². The highest BCUT2D eigenvalue weighted by molar-refractivity contribution is 6.00. The number of benzene rings is 1. The molecule has 0 bridgehead atoms. The van der Waals surface area contributed by atoms with Crippen LogP contribution in [-0.2, 0) is 6.18 Å². The van der Waals surface area contributed by atoms with Gasteiger partial charge in [0, 0.05) is 5.54 Å². The summed E-state index contributed by atoms with van der Waals surface area (Å²) < 4.78 is 38.2. The molecule has 7 heteroatoms. The zero-order valence-corrected chi connectivity index (χ0v) is 12.3. The molecule has 0 saturated heterocycles. The van der Waals surface area contributed by atoms with Crippen molar-refractivity contribution in [1.29, 1.82) is 0 Å². The number of anilines is 1. The molecule has 0 unspecified atom stereocenters. The van der Waals surface area contributed by atoms with E-state index >= 15 is 0 Å². The number of hydrogen-bond donors (Lipinski definition) is 3. The molecule has 4 nitrogen and oxygen atoms in total. The van der Waals surface area contributed by atoms with E-state index in [4.69, 9.17) is 5.84 Å². The van der Waals surface area contributed by atoms with E-state index in [9.17, 15) is 18.0 Å². The first-order valence-electron chi connectivity index (χ1n) is 6.61. The smallest absolute Gasteiger partial charge is 0.347 e. The minimum absolute atomic E-state index is 0.128. The molecule has 0 atom stereocenters. The summed E-state index contributed by atoms with van der Waals surface area (Å²) in [6.45, 7) is 5.60. The van der Waals surface area contributed by atoms with Gasteiger partial charge in [-0.2, -0.15) is 13.2 Å². The predicted molar refractivity (Wildman–Crippen MR) is 75.7 cm³/mol. The lowest BCUT2D eigenvalue weighted by atomic mass is 9.97. The lowest BCUT2D eigenvalue weighted by molar-refractivity contribution is -0.137. The summed E-state index contributed by atoms with van der Waals surface area (Å²) in [6, 6.07) is 2.82. The van der Waals surface area contributed by atoms with Gasteiger partial charge in [0.25, 0.3) is 5.91 Å². The van der Waals surface area contributed by atoms with Crippen LogP contribution < -0.4 is 16.6 Å². The summed E-state index contributed by atoms with van der Waals surface area (Å²) in [6.07, 6.45) is -2.96. The molecular formula is C14H20F3N3O. The Balaban J connectivity index is 3.12. The number of halogens is 3. The summed E-state index contributed by atoms with van der Waals surface area (Å²) >= 11 is 0. The topological polar surface area (TPSA) is 67.2 Å². The van der Waals surface area contributed by atoms with Crippen LogP contribution in [0, 0.1) is 0 Å². The average Bonchev–Trinajstić information content (AvgIpc) is 2.36. The molecule has 0 aromatic heterocycles. The summed E-state index contributed by atoms with van der Waals surface area (Å²) in [5, 5.41) is 2.73. The van der Waals surface area contributed by atoms with Crippen molar-refractivity contribution in [3.05, 3.63) is 29.3 Å². The van der Waals surface area contributed by atoms with Crippen molar-refractivity contribution < 1.29 is 18.0 Å². The molecular weight excluding hydrogens is 283 g/mol. The second kappa shape index (κ2) is 6.34. The van der Waals surface area contributed by atoms with Crippen LogP contribution in [0.4, 0.5) is 18.9 Å². The Bertz CT molecular complexity index is 513. The van der Waals surface area contributed by atoms with Crippen molar-refractivity contribution >= 4 is 11.6 Å². The second-order valence-electron chi connectivity index (χ2n) is 5.49. The zero-order chi connectivity index (χ0) is 16.3. The first kappa shape index (κ1) is 17.3. The quantitative estimate of drug-likeness (QED) is 0.577. The minimum atomic E-state index is -4.51. The Morgan fingerprint density at radius 3 is 2.38 bits per heavy atom. The molecule has 1 aromatic carbocycles. The molecule has 0 spiro atoms. The molecule has 118 valence electrons. The fraction of sp³-hybridized carbons (Fsp3) is 0.500. The highest BCUT2D eigenvalue weighted by atomic mass is 19.4. The molecule has 0 radical (unpaired) electrons. The highest BCUT2D eigenvalue weighted by Crippen LogP contribution is 2.31. The van der Waals surface area contributed by atoms with E-state index in [0.717, 1.165) is 24.6 Å². The van der Waals surface area contributed by atoms with Crippen LogP contribution in [0.5, 0.6) is 0 Å². The predicted octanol–water partition coefficient (Wildman–Crippen LogP) is 3.30. The first-order valence-corrected chi connectivity index (χ1v) is 6.61. The third-order valence-corrected chi connectivity index (χ3v) is 3.07. The van der Waals surface area contributed by atoms with Crippen molar-refractivity contribution in [2.75, 3.05) is 5.43 Å². The van der Waals surface area contributed by atoms with E-state index in [-0.39, 0.29) is 11.3 Å². The Kier molecular flexibility index (Phi) is 5.22. The van der Waals surface area contributed by atoms with Crippen LogP contribution in [0.15, 0.2) is 18.2 Å². The Morgan fingerprint density at radius 1 is 1.29 bits per heavy atom. The van der Waals surface area contributed by atoms with Crippen molar-refractivity contribution in [1.82, 2.24) is 5.32 Å². The van der Waals surface area contributed by atoms with E-state index in [2.05, 4.69) is 10.7 Å². The number of carbonyl (C=O) groups is 1. The maximum Gasteiger partial charge on any atom is 0.416 e. The lowest BCUT2D eigenvalue weighted by Crippen LogP contribution is -2.43. The maximum atomic E-state index is 12.7. The maximum absolute atomic E-state index is 12.7. The van der Waals surface area contributed by atoms with Gasteiger partial charge in [0.1, 0.15) is 0 Å².